The number of nitrogens with one attached hydrogen (secondary N) is 1. The van der Waals surface area contributed by atoms with Crippen molar-refractivity contribution >= 4 is 12.5 Å². The third kappa shape index (κ3) is 3.00. The van der Waals surface area contributed by atoms with Crippen LogP contribution in [0.4, 0.5) is 4.79 Å². The smallest absolute Gasteiger partial charge is 0.414 e. The van der Waals surface area contributed by atoms with Crippen molar-refractivity contribution in [3.8, 4) is 0 Å². The number of piperazine rings is 1. The van der Waals surface area contributed by atoms with Crippen LogP contribution in [0.2, 0.25) is 0 Å². The third-order valence-corrected chi connectivity index (χ3v) is 2.33. The third-order valence-electron chi connectivity index (χ3n) is 2.33. The van der Waals surface area contributed by atoms with E-state index >= 15 is 0 Å². The molecule has 1 aliphatic heterocycles. The summed E-state index contributed by atoms with van der Waals surface area (Å²) in [6.07, 6.45) is 0.244. The average Bonchev–Trinajstić information content (AvgIpc) is 2.16. The predicted octanol–water partition coefficient (Wildman–Crippen LogP) is 0.498. The number of imide groups is 1. The van der Waals surface area contributed by atoms with E-state index in [4.69, 9.17) is 4.74 Å². The molecule has 15 heavy (non-hydrogen) atoms. The SMILES string of the molecule is CC(C)(C)OC(=O)[N+]1(C=O)CCNCC1. The number of hydrogen-bond donors (Lipinski definition) is 1. The van der Waals surface area contributed by atoms with Gasteiger partial charge in [0.1, 0.15) is 18.7 Å². The van der Waals surface area contributed by atoms with Gasteiger partial charge in [0, 0.05) is 13.1 Å². The van der Waals surface area contributed by atoms with E-state index in [-0.39, 0.29) is 4.48 Å². The monoisotopic (exact) mass is 215 g/mol. The molecular weight excluding hydrogens is 196 g/mol. The topological polar surface area (TPSA) is 55.4 Å². The normalized spacial score (nSPS) is 20.7. The van der Waals surface area contributed by atoms with E-state index in [1.165, 1.54) is 0 Å². The summed E-state index contributed by atoms with van der Waals surface area (Å²) in [7, 11) is 0. The summed E-state index contributed by atoms with van der Waals surface area (Å²) in [6.45, 7) is 7.67. The molecule has 0 unspecified atom stereocenters. The van der Waals surface area contributed by atoms with Gasteiger partial charge in [-0.15, -0.1) is 0 Å². The molecule has 5 nitrogen and oxygen atoms in total. The highest BCUT2D eigenvalue weighted by Crippen LogP contribution is 2.15. The first-order valence-electron chi connectivity index (χ1n) is 5.17. The van der Waals surface area contributed by atoms with Crippen LogP contribution < -0.4 is 5.32 Å². The van der Waals surface area contributed by atoms with Gasteiger partial charge in [0.15, 0.2) is 0 Å². The summed E-state index contributed by atoms with van der Waals surface area (Å²) in [6, 6.07) is 0. The molecule has 1 rings (SSSR count). The Kier molecular flexibility index (Phi) is 3.46. The van der Waals surface area contributed by atoms with Crippen molar-refractivity contribution < 1.29 is 18.8 Å². The van der Waals surface area contributed by atoms with E-state index in [1.54, 1.807) is 20.8 Å². The molecule has 1 saturated heterocycles. The van der Waals surface area contributed by atoms with Crippen molar-refractivity contribution in [2.45, 2.75) is 26.4 Å². The van der Waals surface area contributed by atoms with E-state index in [9.17, 15) is 9.59 Å². The number of hydrogen-bond acceptors (Lipinski definition) is 4. The Labute approximate surface area is 90.0 Å². The number of rotatable bonds is 1. The van der Waals surface area contributed by atoms with E-state index in [0.29, 0.717) is 32.6 Å². The van der Waals surface area contributed by atoms with Gasteiger partial charge in [-0.1, -0.05) is 0 Å². The molecule has 1 heterocycles. The second-order valence-corrected chi connectivity index (χ2v) is 4.82. The van der Waals surface area contributed by atoms with Crippen LogP contribution in [-0.2, 0) is 9.53 Å². The fourth-order valence-corrected chi connectivity index (χ4v) is 1.48. The van der Waals surface area contributed by atoms with Gasteiger partial charge in [0.25, 0.3) is 0 Å². The van der Waals surface area contributed by atoms with Crippen LogP contribution in [0.3, 0.4) is 0 Å². The lowest BCUT2D eigenvalue weighted by molar-refractivity contribution is -0.776. The lowest BCUT2D eigenvalue weighted by atomic mass is 10.2. The molecule has 0 bridgehead atoms. The first-order chi connectivity index (χ1) is 6.90. The Morgan fingerprint density at radius 3 is 2.27 bits per heavy atom. The quantitative estimate of drug-likeness (QED) is 0.511. The number of amides is 2. The van der Waals surface area contributed by atoms with Crippen molar-refractivity contribution in [2.75, 3.05) is 26.2 Å². The Balaban J connectivity index is 2.73. The maximum absolute atomic E-state index is 11.9. The van der Waals surface area contributed by atoms with Crippen LogP contribution in [0.25, 0.3) is 0 Å². The number of nitrogens with zero attached hydrogens (tertiary/aromatic N) is 1. The molecule has 0 aromatic heterocycles. The summed E-state index contributed by atoms with van der Waals surface area (Å²) >= 11 is 0. The minimum Gasteiger partial charge on any atom is -0.414 e. The zero-order chi connectivity index (χ0) is 11.5. The van der Waals surface area contributed by atoms with E-state index < -0.39 is 11.7 Å². The summed E-state index contributed by atoms with van der Waals surface area (Å²) in [5, 5.41) is 3.11. The van der Waals surface area contributed by atoms with E-state index in [0.717, 1.165) is 0 Å². The van der Waals surface area contributed by atoms with Crippen LogP contribution in [0, 0.1) is 0 Å². The Morgan fingerprint density at radius 1 is 1.33 bits per heavy atom. The van der Waals surface area contributed by atoms with E-state index in [1.807, 2.05) is 0 Å². The highest BCUT2D eigenvalue weighted by Gasteiger charge is 2.42. The van der Waals surface area contributed by atoms with Crippen molar-refractivity contribution in [3.63, 3.8) is 0 Å². The van der Waals surface area contributed by atoms with Crippen LogP contribution in [0.1, 0.15) is 20.8 Å². The van der Waals surface area contributed by atoms with Crippen molar-refractivity contribution in [1.29, 1.82) is 0 Å². The highest BCUT2D eigenvalue weighted by atomic mass is 16.6. The standard InChI is InChI=1S/C10H19N2O3/c1-10(2,3)15-9(14)12(8-13)6-4-11-5-7-12/h8,11H,4-7H2,1-3H3/q+1. The lowest BCUT2D eigenvalue weighted by Crippen LogP contribution is -2.61. The molecule has 0 aliphatic carbocycles. The number of carbonyl (C=O) groups excluding carboxylic acids is 2. The van der Waals surface area contributed by atoms with Gasteiger partial charge in [-0.2, -0.15) is 9.28 Å². The molecule has 1 N–H and O–H groups in total. The number of ether oxygens (including phenoxy) is 1. The van der Waals surface area contributed by atoms with Crippen molar-refractivity contribution in [3.05, 3.63) is 0 Å². The molecule has 2 amide bonds. The largest absolute Gasteiger partial charge is 0.523 e. The van der Waals surface area contributed by atoms with Gasteiger partial charge in [0.2, 0.25) is 0 Å². The molecule has 0 atom stereocenters. The molecule has 0 aromatic rings. The van der Waals surface area contributed by atoms with Gasteiger partial charge < -0.3 is 10.1 Å². The van der Waals surface area contributed by atoms with Crippen LogP contribution in [-0.4, -0.2) is 48.8 Å². The second kappa shape index (κ2) is 4.28. The zero-order valence-corrected chi connectivity index (χ0v) is 9.58. The van der Waals surface area contributed by atoms with E-state index in [2.05, 4.69) is 5.32 Å². The summed E-state index contributed by atoms with van der Waals surface area (Å²) in [5.41, 5.74) is -0.545. The lowest BCUT2D eigenvalue weighted by Gasteiger charge is -2.33. The Bertz CT molecular complexity index is 252. The highest BCUT2D eigenvalue weighted by molar-refractivity contribution is 5.69. The molecule has 0 aromatic carbocycles. The molecule has 0 spiro atoms. The minimum absolute atomic E-state index is 0.218. The predicted molar refractivity (Wildman–Crippen MR) is 55.2 cm³/mol. The molecule has 0 radical (unpaired) electrons. The summed E-state index contributed by atoms with van der Waals surface area (Å²) in [5.74, 6) is 0. The first-order valence-corrected chi connectivity index (χ1v) is 5.17. The Morgan fingerprint density at radius 2 is 1.87 bits per heavy atom. The number of carbonyl (C=O) groups is 2. The first kappa shape index (κ1) is 12.1. The molecule has 1 fully saturated rings. The maximum atomic E-state index is 11.9. The molecule has 1 aliphatic rings. The van der Waals surface area contributed by atoms with Crippen LogP contribution in [0.15, 0.2) is 0 Å². The second-order valence-electron chi connectivity index (χ2n) is 4.82. The van der Waals surface area contributed by atoms with Crippen molar-refractivity contribution in [2.24, 2.45) is 0 Å². The fourth-order valence-electron chi connectivity index (χ4n) is 1.48. The minimum atomic E-state index is -0.545. The molecule has 5 heteroatoms. The van der Waals surface area contributed by atoms with Gasteiger partial charge >= 0.3 is 12.5 Å². The number of quaternary nitrogens is 1. The molecular formula is C10H19N2O3+. The molecule has 0 saturated carbocycles. The van der Waals surface area contributed by atoms with Gasteiger partial charge in [-0.25, -0.2) is 4.79 Å². The zero-order valence-electron chi connectivity index (χ0n) is 9.58. The van der Waals surface area contributed by atoms with Crippen molar-refractivity contribution in [1.82, 2.24) is 5.32 Å². The fraction of sp³-hybridized carbons (Fsp3) is 0.800. The van der Waals surface area contributed by atoms with Gasteiger partial charge in [-0.05, 0) is 20.8 Å². The summed E-state index contributed by atoms with van der Waals surface area (Å²) < 4.78 is 5.03. The van der Waals surface area contributed by atoms with Gasteiger partial charge in [0.05, 0.1) is 0 Å². The maximum Gasteiger partial charge on any atom is 0.523 e. The summed E-state index contributed by atoms with van der Waals surface area (Å²) in [4.78, 5) is 22.9. The molecule has 86 valence electrons. The van der Waals surface area contributed by atoms with Crippen LogP contribution in [0.5, 0.6) is 0 Å². The average molecular weight is 215 g/mol. The van der Waals surface area contributed by atoms with Gasteiger partial charge in [-0.3, -0.25) is 0 Å². The van der Waals surface area contributed by atoms with Crippen LogP contribution >= 0.6 is 0 Å². The Hall–Kier alpha value is -0.940.